The van der Waals surface area contributed by atoms with Gasteiger partial charge in [-0.2, -0.15) is 4.73 Å². The predicted molar refractivity (Wildman–Crippen MR) is 64.5 cm³/mol. The molecular weight excluding hydrogens is 238 g/mol. The normalized spacial score (nSPS) is 10.4. The lowest BCUT2D eigenvalue weighted by Crippen LogP contribution is -2.14. The summed E-state index contributed by atoms with van der Waals surface area (Å²) in [4.78, 5) is 16.4. The van der Waals surface area contributed by atoms with Crippen molar-refractivity contribution in [2.24, 2.45) is 0 Å². The second-order valence-corrected chi connectivity index (χ2v) is 3.52. The number of carboxylic acid groups (broad SMARTS) is 1. The topological polar surface area (TPSA) is 69.9 Å². The van der Waals surface area contributed by atoms with Gasteiger partial charge in [0.25, 0.3) is 0 Å². The Labute approximate surface area is 103 Å². The Morgan fingerprint density at radius 1 is 1.22 bits per heavy atom. The van der Waals surface area contributed by atoms with Crippen molar-refractivity contribution < 1.29 is 24.2 Å². The zero-order valence-corrected chi connectivity index (χ0v) is 10.3. The maximum Gasteiger partial charge on any atom is 0.359 e. The lowest BCUT2D eigenvalue weighted by atomic mass is 10.2. The Bertz CT molecular complexity index is 602. The maximum absolute atomic E-state index is 11.3. The quantitative estimate of drug-likeness (QED) is 0.889. The van der Waals surface area contributed by atoms with Gasteiger partial charge in [-0.15, -0.1) is 0 Å². The summed E-state index contributed by atoms with van der Waals surface area (Å²) in [5.41, 5.74) is 0.505. The van der Waals surface area contributed by atoms with Crippen LogP contribution in [0.25, 0.3) is 10.9 Å². The highest BCUT2D eigenvalue weighted by Crippen LogP contribution is 2.38. The van der Waals surface area contributed by atoms with E-state index < -0.39 is 5.97 Å². The molecule has 0 saturated heterocycles. The van der Waals surface area contributed by atoms with E-state index in [1.54, 1.807) is 18.2 Å². The number of aromatic nitrogens is 1. The molecule has 0 aliphatic rings. The van der Waals surface area contributed by atoms with Crippen molar-refractivity contribution >= 4 is 16.9 Å². The summed E-state index contributed by atoms with van der Waals surface area (Å²) in [6.45, 7) is 0. The molecule has 0 amide bonds. The second kappa shape index (κ2) is 4.48. The molecule has 1 heterocycles. The van der Waals surface area contributed by atoms with Crippen LogP contribution in [0.1, 0.15) is 10.5 Å². The number of rotatable bonds is 4. The third-order valence-corrected chi connectivity index (χ3v) is 2.68. The van der Waals surface area contributed by atoms with E-state index in [1.165, 1.54) is 26.1 Å². The van der Waals surface area contributed by atoms with E-state index in [1.807, 2.05) is 0 Å². The first-order chi connectivity index (χ1) is 8.65. The molecule has 1 aromatic heterocycles. The lowest BCUT2D eigenvalue weighted by Gasteiger charge is -2.05. The van der Waals surface area contributed by atoms with E-state index in [2.05, 4.69) is 0 Å². The largest absolute Gasteiger partial charge is 0.496 e. The molecule has 0 spiro atoms. The molecule has 0 saturated carbocycles. The Morgan fingerprint density at radius 2 is 1.94 bits per heavy atom. The van der Waals surface area contributed by atoms with Crippen LogP contribution >= 0.6 is 0 Å². The Hall–Kier alpha value is -2.37. The molecule has 2 rings (SSSR count). The van der Waals surface area contributed by atoms with Crippen molar-refractivity contribution in [2.75, 3.05) is 21.3 Å². The molecule has 96 valence electrons. The fraction of sp³-hybridized carbons (Fsp3) is 0.250. The molecule has 1 aromatic carbocycles. The van der Waals surface area contributed by atoms with Crippen molar-refractivity contribution in [3.8, 4) is 11.5 Å². The molecule has 0 aliphatic carbocycles. The number of carbonyl (C=O) groups is 1. The van der Waals surface area contributed by atoms with Crippen LogP contribution in [0.15, 0.2) is 18.2 Å². The SMILES string of the molecule is COc1cccc2c1c(OC)c(C(=O)O)n2OC. The lowest BCUT2D eigenvalue weighted by molar-refractivity contribution is 0.0639. The van der Waals surface area contributed by atoms with Gasteiger partial charge < -0.3 is 19.4 Å². The van der Waals surface area contributed by atoms with Gasteiger partial charge >= 0.3 is 5.97 Å². The molecule has 0 radical (unpaired) electrons. The first-order valence-corrected chi connectivity index (χ1v) is 5.18. The third kappa shape index (κ3) is 1.54. The summed E-state index contributed by atoms with van der Waals surface area (Å²) in [5, 5.41) is 9.82. The zero-order valence-electron chi connectivity index (χ0n) is 10.3. The second-order valence-electron chi connectivity index (χ2n) is 3.52. The molecular formula is C12H13NO5. The first-order valence-electron chi connectivity index (χ1n) is 5.18. The predicted octanol–water partition coefficient (Wildman–Crippen LogP) is 1.42. The van der Waals surface area contributed by atoms with E-state index in [9.17, 15) is 9.90 Å². The fourth-order valence-electron chi connectivity index (χ4n) is 1.99. The van der Waals surface area contributed by atoms with E-state index in [4.69, 9.17) is 14.3 Å². The van der Waals surface area contributed by atoms with Crippen LogP contribution in [0, 0.1) is 0 Å². The summed E-state index contributed by atoms with van der Waals surface area (Å²) in [6, 6.07) is 5.22. The molecule has 0 unspecified atom stereocenters. The molecule has 18 heavy (non-hydrogen) atoms. The Balaban J connectivity index is 2.95. The average Bonchev–Trinajstić information content (AvgIpc) is 2.71. The number of fused-ring (bicyclic) bond motifs is 1. The van der Waals surface area contributed by atoms with Crippen molar-refractivity contribution in [3.05, 3.63) is 23.9 Å². The van der Waals surface area contributed by atoms with Crippen molar-refractivity contribution in [3.63, 3.8) is 0 Å². The maximum atomic E-state index is 11.3. The molecule has 2 aromatic rings. The Kier molecular flexibility index (Phi) is 3.01. The van der Waals surface area contributed by atoms with Gasteiger partial charge in [0.05, 0.1) is 25.1 Å². The smallest absolute Gasteiger partial charge is 0.359 e. The first kappa shape index (κ1) is 12.1. The summed E-state index contributed by atoms with van der Waals surface area (Å²) in [5.74, 6) is -0.383. The summed E-state index contributed by atoms with van der Waals surface area (Å²) < 4.78 is 11.6. The van der Waals surface area contributed by atoms with Crippen LogP contribution in [0.4, 0.5) is 0 Å². The van der Waals surface area contributed by atoms with Gasteiger partial charge in [-0.3, -0.25) is 0 Å². The molecule has 0 atom stereocenters. The molecule has 0 fully saturated rings. The highest BCUT2D eigenvalue weighted by Gasteiger charge is 2.26. The van der Waals surface area contributed by atoms with Gasteiger partial charge in [-0.05, 0) is 12.1 Å². The molecule has 0 bridgehead atoms. The number of aromatic carboxylic acids is 1. The highest BCUT2D eigenvalue weighted by atomic mass is 16.6. The molecule has 1 N–H and O–H groups in total. The minimum Gasteiger partial charge on any atom is -0.496 e. The number of carboxylic acids is 1. The summed E-state index contributed by atoms with van der Waals surface area (Å²) >= 11 is 0. The minimum absolute atomic E-state index is 0.0699. The van der Waals surface area contributed by atoms with Crippen molar-refractivity contribution in [1.82, 2.24) is 4.73 Å². The van der Waals surface area contributed by atoms with E-state index in [-0.39, 0.29) is 11.4 Å². The van der Waals surface area contributed by atoms with Crippen LogP contribution in [0.3, 0.4) is 0 Å². The standard InChI is InChI=1S/C12H13NO5/c1-16-8-6-4-5-7-9(8)11(17-2)10(12(14)15)13(7)18-3/h4-6H,1-3H3,(H,14,15). The minimum atomic E-state index is -1.13. The monoisotopic (exact) mass is 251 g/mol. The van der Waals surface area contributed by atoms with Gasteiger partial charge in [0.1, 0.15) is 12.9 Å². The van der Waals surface area contributed by atoms with Gasteiger partial charge in [-0.1, -0.05) is 6.07 Å². The zero-order chi connectivity index (χ0) is 13.3. The number of hydrogen-bond acceptors (Lipinski definition) is 4. The number of ether oxygens (including phenoxy) is 2. The van der Waals surface area contributed by atoms with E-state index in [0.29, 0.717) is 16.7 Å². The summed E-state index contributed by atoms with van der Waals surface area (Å²) in [7, 11) is 4.32. The molecule has 6 heteroatoms. The van der Waals surface area contributed by atoms with Crippen molar-refractivity contribution in [2.45, 2.75) is 0 Å². The number of nitrogens with zero attached hydrogens (tertiary/aromatic N) is 1. The van der Waals surface area contributed by atoms with Crippen LogP contribution in [-0.4, -0.2) is 37.1 Å². The average molecular weight is 251 g/mol. The van der Waals surface area contributed by atoms with Gasteiger partial charge in [-0.25, -0.2) is 4.79 Å². The van der Waals surface area contributed by atoms with Crippen LogP contribution < -0.4 is 14.3 Å². The number of methoxy groups -OCH3 is 2. The van der Waals surface area contributed by atoms with Crippen LogP contribution in [-0.2, 0) is 0 Å². The number of benzene rings is 1. The third-order valence-electron chi connectivity index (χ3n) is 2.68. The number of hydrogen-bond donors (Lipinski definition) is 1. The van der Waals surface area contributed by atoms with Crippen LogP contribution in [0.2, 0.25) is 0 Å². The Morgan fingerprint density at radius 3 is 2.44 bits per heavy atom. The molecule has 0 aliphatic heterocycles. The summed E-state index contributed by atoms with van der Waals surface area (Å²) in [6.07, 6.45) is 0. The van der Waals surface area contributed by atoms with Crippen LogP contribution in [0.5, 0.6) is 11.5 Å². The highest BCUT2D eigenvalue weighted by molar-refractivity contribution is 6.03. The van der Waals surface area contributed by atoms with Crippen molar-refractivity contribution in [1.29, 1.82) is 0 Å². The van der Waals surface area contributed by atoms with Gasteiger partial charge in [0.2, 0.25) is 5.69 Å². The van der Waals surface area contributed by atoms with E-state index >= 15 is 0 Å². The van der Waals surface area contributed by atoms with Gasteiger partial charge in [0.15, 0.2) is 5.75 Å². The van der Waals surface area contributed by atoms with Gasteiger partial charge in [0, 0.05) is 0 Å². The fourth-order valence-corrected chi connectivity index (χ4v) is 1.99. The van der Waals surface area contributed by atoms with E-state index in [0.717, 1.165) is 0 Å². The molecule has 6 nitrogen and oxygen atoms in total.